The zero-order valence-electron chi connectivity index (χ0n) is 15.3. The van der Waals surface area contributed by atoms with Gasteiger partial charge in [-0.2, -0.15) is 0 Å². The summed E-state index contributed by atoms with van der Waals surface area (Å²) in [6.45, 7) is 6.52. The summed E-state index contributed by atoms with van der Waals surface area (Å²) < 4.78 is 11.8. The molecule has 134 valence electrons. The molecule has 1 aliphatic carbocycles. The Hall–Kier alpha value is -2.07. The molecular weight excluding hydrogens is 314 g/mol. The van der Waals surface area contributed by atoms with Crippen LogP contribution in [0.1, 0.15) is 46.5 Å². The van der Waals surface area contributed by atoms with E-state index in [0.29, 0.717) is 6.61 Å². The molecule has 0 bridgehead atoms. The van der Waals surface area contributed by atoms with Crippen LogP contribution in [0.15, 0.2) is 36.4 Å². The highest BCUT2D eigenvalue weighted by atomic mass is 16.5. The fraction of sp³-hybridized carbons (Fsp3) is 0.476. The third-order valence-corrected chi connectivity index (χ3v) is 4.74. The van der Waals surface area contributed by atoms with E-state index in [2.05, 4.69) is 5.32 Å². The van der Waals surface area contributed by atoms with Crippen LogP contribution >= 0.6 is 0 Å². The number of carbonyl (C=O) groups excluding carboxylic acids is 1. The quantitative estimate of drug-likeness (QED) is 0.811. The minimum absolute atomic E-state index is 0.0328. The van der Waals surface area contributed by atoms with Gasteiger partial charge in [-0.15, -0.1) is 0 Å². The molecule has 0 aromatic heterocycles. The lowest BCUT2D eigenvalue weighted by molar-refractivity contribution is -0.140. The van der Waals surface area contributed by atoms with Crippen LogP contribution in [-0.4, -0.2) is 24.2 Å². The molecule has 0 spiro atoms. The van der Waals surface area contributed by atoms with Crippen molar-refractivity contribution in [3.63, 3.8) is 0 Å². The van der Waals surface area contributed by atoms with Crippen LogP contribution in [0.25, 0.3) is 10.8 Å². The number of anilines is 1. The molecule has 0 heterocycles. The molecule has 1 N–H and O–H groups in total. The summed E-state index contributed by atoms with van der Waals surface area (Å²) in [7, 11) is 0. The molecule has 3 rings (SSSR count). The van der Waals surface area contributed by atoms with E-state index in [4.69, 9.17) is 9.47 Å². The topological polar surface area (TPSA) is 47.6 Å². The number of carbonyl (C=O) groups is 1. The molecule has 4 nitrogen and oxygen atoms in total. The van der Waals surface area contributed by atoms with E-state index in [-0.39, 0.29) is 12.0 Å². The average molecular weight is 341 g/mol. The van der Waals surface area contributed by atoms with Gasteiger partial charge in [0.1, 0.15) is 11.4 Å². The number of ether oxygens (including phenoxy) is 2. The molecule has 0 atom stereocenters. The maximum atomic E-state index is 13.0. The van der Waals surface area contributed by atoms with Gasteiger partial charge < -0.3 is 14.8 Å². The number of hydrogen-bond acceptors (Lipinski definition) is 3. The zero-order valence-corrected chi connectivity index (χ0v) is 15.3. The lowest BCUT2D eigenvalue weighted by Gasteiger charge is -2.28. The number of rotatable bonds is 6. The predicted molar refractivity (Wildman–Crippen MR) is 101 cm³/mol. The normalized spacial score (nSPS) is 16.3. The second-order valence-electron chi connectivity index (χ2n) is 6.91. The lowest BCUT2D eigenvalue weighted by Crippen LogP contribution is -2.43. The van der Waals surface area contributed by atoms with Crippen LogP contribution < -0.4 is 10.1 Å². The van der Waals surface area contributed by atoms with E-state index < -0.39 is 5.60 Å². The average Bonchev–Trinajstić information content (AvgIpc) is 3.07. The van der Waals surface area contributed by atoms with Gasteiger partial charge >= 0.3 is 0 Å². The van der Waals surface area contributed by atoms with Gasteiger partial charge in [-0.25, -0.2) is 0 Å². The summed E-state index contributed by atoms with van der Waals surface area (Å²) in [6.07, 6.45) is 3.76. The van der Waals surface area contributed by atoms with Crippen LogP contribution in [-0.2, 0) is 9.53 Å². The van der Waals surface area contributed by atoms with E-state index >= 15 is 0 Å². The van der Waals surface area contributed by atoms with Crippen molar-refractivity contribution in [3.05, 3.63) is 36.4 Å². The van der Waals surface area contributed by atoms with Crippen LogP contribution in [0, 0.1) is 0 Å². The number of hydrogen-bond donors (Lipinski definition) is 1. The van der Waals surface area contributed by atoms with Crippen molar-refractivity contribution in [2.24, 2.45) is 0 Å². The van der Waals surface area contributed by atoms with Gasteiger partial charge in [0, 0.05) is 23.1 Å². The first-order valence-electron chi connectivity index (χ1n) is 9.19. The van der Waals surface area contributed by atoms with Crippen LogP contribution in [0.5, 0.6) is 5.75 Å². The summed E-state index contributed by atoms with van der Waals surface area (Å²) in [5.41, 5.74) is 0.130. The first-order chi connectivity index (χ1) is 12.1. The fourth-order valence-corrected chi connectivity index (χ4v) is 3.63. The largest absolute Gasteiger partial charge is 0.490 e. The zero-order chi connectivity index (χ0) is 17.9. The summed E-state index contributed by atoms with van der Waals surface area (Å²) >= 11 is 0. The van der Waals surface area contributed by atoms with Gasteiger partial charge in [-0.05, 0) is 58.6 Å². The molecule has 1 fully saturated rings. The van der Waals surface area contributed by atoms with E-state index in [1.54, 1.807) is 0 Å². The van der Waals surface area contributed by atoms with Crippen molar-refractivity contribution in [2.45, 2.75) is 58.2 Å². The summed E-state index contributed by atoms with van der Waals surface area (Å²) in [5, 5.41) is 5.10. The Morgan fingerprint density at radius 3 is 2.44 bits per heavy atom. The minimum Gasteiger partial charge on any atom is -0.490 e. The Balaban J connectivity index is 1.92. The molecule has 2 aromatic carbocycles. The fourth-order valence-electron chi connectivity index (χ4n) is 3.63. The summed E-state index contributed by atoms with van der Waals surface area (Å²) in [5.74, 6) is 0.804. The van der Waals surface area contributed by atoms with Crippen molar-refractivity contribution in [1.82, 2.24) is 0 Å². The molecule has 1 aliphatic rings. The second-order valence-corrected chi connectivity index (χ2v) is 6.91. The molecule has 1 amide bonds. The van der Waals surface area contributed by atoms with E-state index in [0.717, 1.165) is 47.9 Å². The Morgan fingerprint density at radius 1 is 1.12 bits per heavy atom. The van der Waals surface area contributed by atoms with Gasteiger partial charge in [-0.3, -0.25) is 4.79 Å². The first-order valence-corrected chi connectivity index (χ1v) is 9.19. The highest BCUT2D eigenvalue weighted by molar-refractivity contribution is 6.06. The van der Waals surface area contributed by atoms with E-state index in [1.807, 2.05) is 57.2 Å². The summed E-state index contributed by atoms with van der Waals surface area (Å²) in [4.78, 5) is 13.0. The van der Waals surface area contributed by atoms with Gasteiger partial charge in [0.05, 0.1) is 6.10 Å². The van der Waals surface area contributed by atoms with Gasteiger partial charge in [0.15, 0.2) is 0 Å². The Morgan fingerprint density at radius 2 is 1.80 bits per heavy atom. The van der Waals surface area contributed by atoms with Crippen LogP contribution in [0.4, 0.5) is 5.69 Å². The van der Waals surface area contributed by atoms with Gasteiger partial charge in [-0.1, -0.05) is 24.3 Å². The molecule has 0 saturated heterocycles. The maximum absolute atomic E-state index is 13.0. The Kier molecular flexibility index (Phi) is 5.28. The minimum atomic E-state index is -0.678. The molecule has 2 aromatic rings. The SMILES string of the molecule is CCOC1(C(=O)Nc2ccc(OC(C)C)c3ccccc23)CCCC1. The highest BCUT2D eigenvalue weighted by Gasteiger charge is 2.42. The van der Waals surface area contributed by atoms with E-state index in [9.17, 15) is 4.79 Å². The molecule has 4 heteroatoms. The molecule has 0 unspecified atom stereocenters. The number of nitrogens with one attached hydrogen (secondary N) is 1. The third kappa shape index (κ3) is 3.64. The van der Waals surface area contributed by atoms with Gasteiger partial charge in [0.25, 0.3) is 5.91 Å². The van der Waals surface area contributed by atoms with Crippen LogP contribution in [0.3, 0.4) is 0 Å². The molecule has 1 saturated carbocycles. The first kappa shape index (κ1) is 17.7. The summed E-state index contributed by atoms with van der Waals surface area (Å²) in [6, 6.07) is 11.9. The number of fused-ring (bicyclic) bond motifs is 1. The lowest BCUT2D eigenvalue weighted by atomic mass is 10.00. The van der Waals surface area contributed by atoms with Crippen molar-refractivity contribution in [3.8, 4) is 5.75 Å². The maximum Gasteiger partial charge on any atom is 0.256 e. The van der Waals surface area contributed by atoms with Crippen molar-refractivity contribution >= 4 is 22.4 Å². The number of benzene rings is 2. The molecule has 0 radical (unpaired) electrons. The monoisotopic (exact) mass is 341 g/mol. The van der Waals surface area contributed by atoms with Crippen molar-refractivity contribution in [2.75, 3.05) is 11.9 Å². The Labute approximate surface area is 149 Å². The van der Waals surface area contributed by atoms with Crippen molar-refractivity contribution < 1.29 is 14.3 Å². The standard InChI is InChI=1S/C21H27NO3/c1-4-24-21(13-7-8-14-21)20(23)22-18-11-12-19(25-15(2)3)17-10-6-5-9-16(17)18/h5-6,9-12,15H,4,7-8,13-14H2,1-3H3,(H,22,23). The highest BCUT2D eigenvalue weighted by Crippen LogP contribution is 2.36. The third-order valence-electron chi connectivity index (χ3n) is 4.74. The van der Waals surface area contributed by atoms with Gasteiger partial charge in [0.2, 0.25) is 0 Å². The predicted octanol–water partition coefficient (Wildman–Crippen LogP) is 4.91. The molecule has 25 heavy (non-hydrogen) atoms. The second kappa shape index (κ2) is 7.44. The smallest absolute Gasteiger partial charge is 0.256 e. The Bertz CT molecular complexity index is 748. The van der Waals surface area contributed by atoms with E-state index in [1.165, 1.54) is 0 Å². The van der Waals surface area contributed by atoms with Crippen LogP contribution in [0.2, 0.25) is 0 Å². The molecule has 0 aliphatic heterocycles. The molecular formula is C21H27NO3. The number of amides is 1. The van der Waals surface area contributed by atoms with Crippen molar-refractivity contribution in [1.29, 1.82) is 0 Å².